The molecule has 1 heteroatoms. The van der Waals surface area contributed by atoms with Crippen LogP contribution in [0.5, 0.6) is 0 Å². The summed E-state index contributed by atoms with van der Waals surface area (Å²) >= 11 is 0. The van der Waals surface area contributed by atoms with Crippen molar-refractivity contribution in [2.24, 2.45) is 11.8 Å². The second kappa shape index (κ2) is 6.32. The number of hydrogen-bond donors (Lipinski definition) is 1. The summed E-state index contributed by atoms with van der Waals surface area (Å²) < 4.78 is 0. The molecule has 0 bridgehead atoms. The lowest BCUT2D eigenvalue weighted by molar-refractivity contribution is 0.350. The third-order valence-electron chi connectivity index (χ3n) is 3.76. The van der Waals surface area contributed by atoms with Crippen molar-refractivity contribution in [2.45, 2.75) is 59.4 Å². The van der Waals surface area contributed by atoms with Crippen LogP contribution in [0.3, 0.4) is 0 Å². The molecule has 0 saturated carbocycles. The fourth-order valence-corrected chi connectivity index (χ4v) is 2.46. The van der Waals surface area contributed by atoms with Gasteiger partial charge in [0, 0.05) is 6.04 Å². The van der Waals surface area contributed by atoms with Crippen molar-refractivity contribution >= 4 is 0 Å². The molecule has 0 heterocycles. The molecule has 0 aromatic heterocycles. The zero-order valence-electron chi connectivity index (χ0n) is 10.8. The predicted molar refractivity (Wildman–Crippen MR) is 68.0 cm³/mol. The Bertz CT molecular complexity index is 201. The summed E-state index contributed by atoms with van der Waals surface area (Å²) in [5.41, 5.74) is 1.67. The molecule has 0 aliphatic heterocycles. The maximum atomic E-state index is 3.62. The smallest absolute Gasteiger partial charge is 0.0279 e. The maximum Gasteiger partial charge on any atom is 0.0279 e. The van der Waals surface area contributed by atoms with Crippen molar-refractivity contribution in [3.63, 3.8) is 0 Å². The lowest BCUT2D eigenvalue weighted by Crippen LogP contribution is -2.33. The number of allylic oxidation sites excluding steroid dienone is 1. The Kier molecular flexibility index (Phi) is 5.38. The van der Waals surface area contributed by atoms with Gasteiger partial charge in [0.1, 0.15) is 0 Å². The van der Waals surface area contributed by atoms with Crippen LogP contribution in [0.2, 0.25) is 0 Å². The maximum absolute atomic E-state index is 3.62. The highest BCUT2D eigenvalue weighted by Gasteiger charge is 2.22. The van der Waals surface area contributed by atoms with Gasteiger partial charge in [0.2, 0.25) is 0 Å². The molecule has 0 amide bonds. The molecule has 0 aromatic carbocycles. The minimum Gasteiger partial charge on any atom is -0.311 e. The molecule has 15 heavy (non-hydrogen) atoms. The molecular formula is C14H27N. The summed E-state index contributed by atoms with van der Waals surface area (Å²) in [4.78, 5) is 0. The van der Waals surface area contributed by atoms with Gasteiger partial charge in [-0.3, -0.25) is 0 Å². The first-order chi connectivity index (χ1) is 7.19. The minimum absolute atomic E-state index is 0.648. The molecule has 0 aromatic rings. The van der Waals surface area contributed by atoms with E-state index in [-0.39, 0.29) is 0 Å². The second-order valence-corrected chi connectivity index (χ2v) is 5.07. The van der Waals surface area contributed by atoms with Gasteiger partial charge < -0.3 is 5.32 Å². The molecule has 1 aliphatic rings. The van der Waals surface area contributed by atoms with Crippen molar-refractivity contribution in [1.29, 1.82) is 0 Å². The molecule has 1 nitrogen and oxygen atoms in total. The molecule has 1 rings (SSSR count). The van der Waals surface area contributed by atoms with E-state index < -0.39 is 0 Å². The topological polar surface area (TPSA) is 12.0 Å². The van der Waals surface area contributed by atoms with Crippen molar-refractivity contribution in [3.8, 4) is 0 Å². The summed E-state index contributed by atoms with van der Waals surface area (Å²) in [7, 11) is 0. The lowest BCUT2D eigenvalue weighted by atomic mass is 9.79. The van der Waals surface area contributed by atoms with Crippen LogP contribution in [-0.4, -0.2) is 12.6 Å². The Morgan fingerprint density at radius 2 is 2.07 bits per heavy atom. The molecule has 0 radical (unpaired) electrons. The van der Waals surface area contributed by atoms with Crippen LogP contribution in [0.25, 0.3) is 0 Å². The summed E-state index contributed by atoms with van der Waals surface area (Å²) in [6.07, 6.45) is 7.65. The van der Waals surface area contributed by atoms with E-state index in [0.717, 1.165) is 18.4 Å². The van der Waals surface area contributed by atoms with E-state index in [2.05, 4.69) is 39.1 Å². The Balaban J connectivity index is 2.59. The van der Waals surface area contributed by atoms with Crippen molar-refractivity contribution in [2.75, 3.05) is 6.54 Å². The summed E-state index contributed by atoms with van der Waals surface area (Å²) in [6, 6.07) is 0.648. The predicted octanol–water partition coefficient (Wildman–Crippen LogP) is 3.76. The SMILES string of the molecule is CCCC(NCC)C1=CCC(C)[C@H](C)C1. The van der Waals surface area contributed by atoms with Crippen molar-refractivity contribution in [1.82, 2.24) is 5.32 Å². The first-order valence-corrected chi connectivity index (χ1v) is 6.61. The van der Waals surface area contributed by atoms with Crippen LogP contribution in [0.1, 0.15) is 53.4 Å². The van der Waals surface area contributed by atoms with E-state index in [4.69, 9.17) is 0 Å². The monoisotopic (exact) mass is 209 g/mol. The fraction of sp³-hybridized carbons (Fsp3) is 0.857. The number of hydrogen-bond acceptors (Lipinski definition) is 1. The number of likely N-dealkylation sites (N-methyl/N-ethyl adjacent to an activating group) is 1. The number of nitrogens with one attached hydrogen (secondary N) is 1. The van der Waals surface area contributed by atoms with Gasteiger partial charge in [-0.2, -0.15) is 0 Å². The minimum atomic E-state index is 0.648. The normalized spacial score (nSPS) is 28.7. The highest BCUT2D eigenvalue weighted by atomic mass is 14.9. The van der Waals surface area contributed by atoms with Gasteiger partial charge in [0.15, 0.2) is 0 Å². The van der Waals surface area contributed by atoms with Gasteiger partial charge in [-0.05, 0) is 37.6 Å². The van der Waals surface area contributed by atoms with Crippen LogP contribution < -0.4 is 5.32 Å². The van der Waals surface area contributed by atoms with Gasteiger partial charge >= 0.3 is 0 Å². The van der Waals surface area contributed by atoms with Crippen molar-refractivity contribution < 1.29 is 0 Å². The van der Waals surface area contributed by atoms with Gasteiger partial charge in [0.05, 0.1) is 0 Å². The van der Waals surface area contributed by atoms with Gasteiger partial charge in [-0.15, -0.1) is 0 Å². The zero-order chi connectivity index (χ0) is 11.3. The van der Waals surface area contributed by atoms with E-state index >= 15 is 0 Å². The van der Waals surface area contributed by atoms with Crippen LogP contribution in [0, 0.1) is 11.8 Å². The molecule has 88 valence electrons. The van der Waals surface area contributed by atoms with Crippen LogP contribution >= 0.6 is 0 Å². The molecule has 1 N–H and O–H groups in total. The zero-order valence-corrected chi connectivity index (χ0v) is 10.8. The molecule has 2 unspecified atom stereocenters. The lowest BCUT2D eigenvalue weighted by Gasteiger charge is -2.30. The van der Waals surface area contributed by atoms with E-state index in [9.17, 15) is 0 Å². The molecule has 0 fully saturated rings. The van der Waals surface area contributed by atoms with Gasteiger partial charge in [-0.1, -0.05) is 45.8 Å². The second-order valence-electron chi connectivity index (χ2n) is 5.07. The first-order valence-electron chi connectivity index (χ1n) is 6.61. The summed E-state index contributed by atoms with van der Waals surface area (Å²) in [6.45, 7) is 10.3. The van der Waals surface area contributed by atoms with E-state index in [0.29, 0.717) is 6.04 Å². The third kappa shape index (κ3) is 3.64. The summed E-state index contributed by atoms with van der Waals surface area (Å²) in [5.74, 6) is 1.74. The average molecular weight is 209 g/mol. The summed E-state index contributed by atoms with van der Waals surface area (Å²) in [5, 5.41) is 3.62. The average Bonchev–Trinajstić information content (AvgIpc) is 2.22. The van der Waals surface area contributed by atoms with Crippen molar-refractivity contribution in [3.05, 3.63) is 11.6 Å². The Morgan fingerprint density at radius 3 is 2.60 bits per heavy atom. The van der Waals surface area contributed by atoms with E-state index in [1.165, 1.54) is 25.7 Å². The quantitative estimate of drug-likeness (QED) is 0.680. The van der Waals surface area contributed by atoms with Crippen LogP contribution in [0.15, 0.2) is 11.6 Å². The highest BCUT2D eigenvalue weighted by Crippen LogP contribution is 2.31. The standard InChI is InChI=1S/C14H27N/c1-5-7-14(15-6-2)13-9-8-11(3)12(4)10-13/h9,11-12,14-15H,5-8,10H2,1-4H3/t11?,12-,14?/m1/s1. The molecule has 1 aliphatic carbocycles. The van der Waals surface area contributed by atoms with Gasteiger partial charge in [0.25, 0.3) is 0 Å². The molecule has 0 saturated heterocycles. The van der Waals surface area contributed by atoms with E-state index in [1.807, 2.05) is 0 Å². The fourth-order valence-electron chi connectivity index (χ4n) is 2.46. The highest BCUT2D eigenvalue weighted by molar-refractivity contribution is 5.15. The Labute approximate surface area is 95.3 Å². The third-order valence-corrected chi connectivity index (χ3v) is 3.76. The largest absolute Gasteiger partial charge is 0.311 e. The molecule has 3 atom stereocenters. The van der Waals surface area contributed by atoms with Crippen LogP contribution in [0.4, 0.5) is 0 Å². The van der Waals surface area contributed by atoms with E-state index in [1.54, 1.807) is 5.57 Å². The Morgan fingerprint density at radius 1 is 1.33 bits per heavy atom. The first kappa shape index (κ1) is 12.8. The van der Waals surface area contributed by atoms with Gasteiger partial charge in [-0.25, -0.2) is 0 Å². The molecule has 0 spiro atoms. The van der Waals surface area contributed by atoms with Crippen LogP contribution in [-0.2, 0) is 0 Å². The Hall–Kier alpha value is -0.300. The number of rotatable bonds is 5. The molecular weight excluding hydrogens is 182 g/mol.